The van der Waals surface area contributed by atoms with Crippen molar-refractivity contribution in [3.8, 4) is 11.8 Å². The van der Waals surface area contributed by atoms with E-state index in [0.29, 0.717) is 19.6 Å². The molecule has 1 amide bonds. The lowest BCUT2D eigenvalue weighted by molar-refractivity contribution is -0.125. The van der Waals surface area contributed by atoms with Gasteiger partial charge in [-0.1, -0.05) is 12.8 Å². The summed E-state index contributed by atoms with van der Waals surface area (Å²) in [5.74, 6) is 7.13. The maximum absolute atomic E-state index is 12.3. The molecule has 0 saturated carbocycles. The highest BCUT2D eigenvalue weighted by molar-refractivity contribution is 5.82. The maximum Gasteiger partial charge on any atom is 0.227 e. The Hall–Kier alpha value is -2.59. The zero-order valence-corrected chi connectivity index (χ0v) is 15.1. The molecule has 26 heavy (non-hydrogen) atoms. The molecule has 7 heteroatoms. The minimum atomic E-state index is 0.0109. The van der Waals surface area contributed by atoms with Gasteiger partial charge in [0.2, 0.25) is 5.91 Å². The fourth-order valence-electron chi connectivity index (χ4n) is 3.62. The van der Waals surface area contributed by atoms with Gasteiger partial charge in [-0.05, 0) is 13.0 Å². The zero-order valence-electron chi connectivity index (χ0n) is 15.1. The van der Waals surface area contributed by atoms with Crippen LogP contribution < -0.4 is 15.5 Å². The summed E-state index contributed by atoms with van der Waals surface area (Å²) in [6.45, 7) is 5.76. The number of nitrogens with one attached hydrogen (secondary N) is 2. The summed E-state index contributed by atoms with van der Waals surface area (Å²) in [6, 6.07) is 1.94. The van der Waals surface area contributed by atoms with Gasteiger partial charge in [0.25, 0.3) is 0 Å². The van der Waals surface area contributed by atoms with E-state index in [1.165, 1.54) is 5.56 Å². The van der Waals surface area contributed by atoms with Crippen molar-refractivity contribution < 1.29 is 4.79 Å². The fraction of sp³-hybridized carbons (Fsp3) is 0.526. The zero-order chi connectivity index (χ0) is 17.9. The number of rotatable bonds is 3. The summed E-state index contributed by atoms with van der Waals surface area (Å²) in [7, 11) is 0. The Balaban J connectivity index is 1.52. The molecule has 0 aromatic carbocycles. The van der Waals surface area contributed by atoms with E-state index < -0.39 is 0 Å². The molecule has 0 unspecified atom stereocenters. The van der Waals surface area contributed by atoms with E-state index in [4.69, 9.17) is 4.98 Å². The minimum Gasteiger partial charge on any atom is -0.354 e. The van der Waals surface area contributed by atoms with Crippen molar-refractivity contribution in [3.05, 3.63) is 23.5 Å². The standard InChI is InChI=1S/C19H24N6O/c1-2-3-4-8-21-18(26)14-12-24(13-14)19-15-5-9-20-10-6-16(15)23-17-7-11-22-25(17)19/h7,11,14,20H,2,5-6,8-10,12-13H2,1H3,(H,21,26). The molecule has 2 aromatic heterocycles. The third kappa shape index (κ3) is 3.13. The van der Waals surface area contributed by atoms with Crippen LogP contribution in [0.1, 0.15) is 24.6 Å². The molecule has 4 rings (SSSR count). The van der Waals surface area contributed by atoms with E-state index in [2.05, 4.69) is 32.5 Å². The Bertz CT molecular complexity index is 871. The largest absolute Gasteiger partial charge is 0.354 e. The summed E-state index contributed by atoms with van der Waals surface area (Å²) in [6.07, 6.45) is 4.47. The molecule has 2 aliphatic heterocycles. The smallest absolute Gasteiger partial charge is 0.227 e. The normalized spacial score (nSPS) is 17.0. The highest BCUT2D eigenvalue weighted by atomic mass is 16.2. The van der Waals surface area contributed by atoms with E-state index in [1.807, 2.05) is 17.5 Å². The lowest BCUT2D eigenvalue weighted by Gasteiger charge is -2.40. The van der Waals surface area contributed by atoms with E-state index in [9.17, 15) is 4.79 Å². The predicted octanol–water partition coefficient (Wildman–Crippen LogP) is 0.383. The SMILES string of the molecule is CCC#CCNC(=O)C1CN(c2c3c(nc4ccnn24)CCNCC3)C1. The molecular weight excluding hydrogens is 328 g/mol. The van der Waals surface area contributed by atoms with Crippen molar-refractivity contribution in [2.75, 3.05) is 37.6 Å². The summed E-state index contributed by atoms with van der Waals surface area (Å²) >= 11 is 0. The number of hydrogen-bond donors (Lipinski definition) is 2. The molecule has 7 nitrogen and oxygen atoms in total. The highest BCUT2D eigenvalue weighted by Crippen LogP contribution is 2.31. The van der Waals surface area contributed by atoms with Crippen LogP contribution >= 0.6 is 0 Å². The monoisotopic (exact) mass is 352 g/mol. The Kier molecular flexibility index (Phi) is 4.76. The third-order valence-electron chi connectivity index (χ3n) is 4.99. The first-order chi connectivity index (χ1) is 12.8. The first-order valence-corrected chi connectivity index (χ1v) is 9.32. The second-order valence-electron chi connectivity index (χ2n) is 6.74. The van der Waals surface area contributed by atoms with Gasteiger partial charge in [-0.3, -0.25) is 4.79 Å². The average Bonchev–Trinajstić information content (AvgIpc) is 2.94. The van der Waals surface area contributed by atoms with E-state index in [-0.39, 0.29) is 11.8 Å². The van der Waals surface area contributed by atoms with Gasteiger partial charge >= 0.3 is 0 Å². The number of hydrogen-bond acceptors (Lipinski definition) is 5. The molecule has 2 aromatic rings. The molecule has 2 N–H and O–H groups in total. The molecular formula is C19H24N6O. The van der Waals surface area contributed by atoms with Crippen LogP contribution in [0.15, 0.2) is 12.3 Å². The van der Waals surface area contributed by atoms with Crippen molar-refractivity contribution in [1.29, 1.82) is 0 Å². The van der Waals surface area contributed by atoms with E-state index in [1.54, 1.807) is 6.20 Å². The third-order valence-corrected chi connectivity index (χ3v) is 4.99. The average molecular weight is 352 g/mol. The fourth-order valence-corrected chi connectivity index (χ4v) is 3.62. The van der Waals surface area contributed by atoms with Gasteiger partial charge in [0.05, 0.1) is 24.4 Å². The van der Waals surface area contributed by atoms with Gasteiger partial charge in [0.1, 0.15) is 5.82 Å². The van der Waals surface area contributed by atoms with Gasteiger partial charge in [-0.2, -0.15) is 9.61 Å². The number of fused-ring (bicyclic) bond motifs is 2. The second kappa shape index (κ2) is 7.34. The molecule has 0 aliphatic carbocycles. The lowest BCUT2D eigenvalue weighted by atomic mass is 9.97. The predicted molar refractivity (Wildman–Crippen MR) is 100 cm³/mol. The molecule has 4 heterocycles. The minimum absolute atomic E-state index is 0.0109. The topological polar surface area (TPSA) is 74.6 Å². The molecule has 0 atom stereocenters. The Morgan fingerprint density at radius 1 is 1.35 bits per heavy atom. The Morgan fingerprint density at radius 3 is 3.04 bits per heavy atom. The molecule has 0 bridgehead atoms. The number of aromatic nitrogens is 3. The van der Waals surface area contributed by atoms with Crippen LogP contribution in [0.5, 0.6) is 0 Å². The van der Waals surface area contributed by atoms with Crippen LogP contribution in [0.2, 0.25) is 0 Å². The van der Waals surface area contributed by atoms with Crippen LogP contribution in [-0.2, 0) is 17.6 Å². The van der Waals surface area contributed by atoms with Crippen LogP contribution in [0.4, 0.5) is 5.82 Å². The van der Waals surface area contributed by atoms with E-state index >= 15 is 0 Å². The number of nitrogens with zero attached hydrogens (tertiary/aromatic N) is 4. The van der Waals surface area contributed by atoms with Crippen LogP contribution in [0, 0.1) is 17.8 Å². The van der Waals surface area contributed by atoms with Crippen LogP contribution in [0.3, 0.4) is 0 Å². The van der Waals surface area contributed by atoms with Gasteiger partial charge in [-0.25, -0.2) is 4.98 Å². The molecule has 1 saturated heterocycles. The first kappa shape index (κ1) is 16.9. The Labute approximate surface area is 153 Å². The molecule has 1 fully saturated rings. The van der Waals surface area contributed by atoms with Gasteiger partial charge in [-0.15, -0.1) is 5.92 Å². The Morgan fingerprint density at radius 2 is 2.19 bits per heavy atom. The van der Waals surface area contributed by atoms with Crippen molar-refractivity contribution in [2.24, 2.45) is 5.92 Å². The van der Waals surface area contributed by atoms with E-state index in [0.717, 1.165) is 49.5 Å². The molecule has 2 aliphatic rings. The number of anilines is 1. The number of amides is 1. The summed E-state index contributed by atoms with van der Waals surface area (Å²) in [5, 5.41) is 10.8. The molecule has 0 radical (unpaired) electrons. The first-order valence-electron chi connectivity index (χ1n) is 9.32. The molecule has 0 spiro atoms. The quantitative estimate of drug-likeness (QED) is 0.782. The lowest BCUT2D eigenvalue weighted by Crippen LogP contribution is -2.54. The summed E-state index contributed by atoms with van der Waals surface area (Å²) in [5.41, 5.74) is 3.29. The van der Waals surface area contributed by atoms with Crippen molar-refractivity contribution in [2.45, 2.75) is 26.2 Å². The van der Waals surface area contributed by atoms with Gasteiger partial charge in [0.15, 0.2) is 5.65 Å². The van der Waals surface area contributed by atoms with Gasteiger partial charge < -0.3 is 15.5 Å². The number of carbonyl (C=O) groups excluding carboxylic acids is 1. The van der Waals surface area contributed by atoms with Crippen molar-refractivity contribution in [1.82, 2.24) is 25.2 Å². The van der Waals surface area contributed by atoms with Crippen molar-refractivity contribution >= 4 is 17.4 Å². The summed E-state index contributed by atoms with van der Waals surface area (Å²) < 4.78 is 1.92. The van der Waals surface area contributed by atoms with Gasteiger partial charge in [0, 0.05) is 44.1 Å². The summed E-state index contributed by atoms with van der Waals surface area (Å²) in [4.78, 5) is 19.3. The van der Waals surface area contributed by atoms with Crippen molar-refractivity contribution in [3.63, 3.8) is 0 Å². The number of carbonyl (C=O) groups is 1. The van der Waals surface area contributed by atoms with Crippen LogP contribution in [-0.4, -0.2) is 53.2 Å². The van der Waals surface area contributed by atoms with Crippen LogP contribution in [0.25, 0.3) is 5.65 Å². The highest BCUT2D eigenvalue weighted by Gasteiger charge is 2.36. The maximum atomic E-state index is 12.3. The molecule has 136 valence electrons. The second-order valence-corrected chi connectivity index (χ2v) is 6.74.